The van der Waals surface area contributed by atoms with Crippen LogP contribution in [0, 0.1) is 0 Å². The van der Waals surface area contributed by atoms with Gasteiger partial charge in [-0.3, -0.25) is 4.79 Å². The van der Waals surface area contributed by atoms with Crippen LogP contribution in [0.4, 0.5) is 0 Å². The summed E-state index contributed by atoms with van der Waals surface area (Å²) in [6.45, 7) is 0.294. The lowest BCUT2D eigenvalue weighted by atomic mass is 10.2. The molecule has 1 heterocycles. The Balaban J connectivity index is 1.83. The molecule has 0 saturated heterocycles. The van der Waals surface area contributed by atoms with Crippen molar-refractivity contribution in [1.29, 1.82) is 0 Å². The summed E-state index contributed by atoms with van der Waals surface area (Å²) in [5.74, 6) is 0.690. The summed E-state index contributed by atoms with van der Waals surface area (Å²) < 4.78 is 5.00. The van der Waals surface area contributed by atoms with Crippen molar-refractivity contribution < 1.29 is 9.32 Å². The Bertz CT molecular complexity index is 564. The minimum Gasteiger partial charge on any atom is -0.359 e. The van der Waals surface area contributed by atoms with Crippen LogP contribution in [0.15, 0.2) is 47.0 Å². The van der Waals surface area contributed by atoms with Crippen LogP contribution in [0.1, 0.15) is 17.0 Å². The number of nitrogens with one attached hydrogen (secondary N) is 1. The van der Waals surface area contributed by atoms with E-state index in [2.05, 4.69) is 10.5 Å². The highest BCUT2D eigenvalue weighted by Gasteiger charge is 2.03. The van der Waals surface area contributed by atoms with E-state index in [1.807, 2.05) is 30.3 Å². The van der Waals surface area contributed by atoms with E-state index in [4.69, 9.17) is 16.1 Å². The third-order valence-electron chi connectivity index (χ3n) is 2.41. The van der Waals surface area contributed by atoms with Crippen LogP contribution < -0.4 is 5.32 Å². The molecule has 0 aliphatic heterocycles. The molecule has 5 heteroatoms. The first-order valence-corrected chi connectivity index (χ1v) is 6.33. The van der Waals surface area contributed by atoms with Gasteiger partial charge in [0, 0.05) is 12.1 Å². The first-order chi connectivity index (χ1) is 9.28. The number of rotatable bonds is 5. The third kappa shape index (κ3) is 4.26. The predicted octanol–water partition coefficient (Wildman–Crippen LogP) is 2.74. The predicted molar refractivity (Wildman–Crippen MR) is 73.4 cm³/mol. The second-order valence-electron chi connectivity index (χ2n) is 3.88. The van der Waals surface area contributed by atoms with Gasteiger partial charge in [-0.25, -0.2) is 0 Å². The summed E-state index contributed by atoms with van der Waals surface area (Å²) in [7, 11) is 0. The first-order valence-electron chi connectivity index (χ1n) is 5.79. The molecule has 0 aliphatic rings. The molecule has 98 valence electrons. The lowest BCUT2D eigenvalue weighted by Crippen LogP contribution is -2.19. The fourth-order valence-corrected chi connectivity index (χ4v) is 1.60. The highest BCUT2D eigenvalue weighted by molar-refractivity contribution is 6.16. The SMILES string of the molecule is O=C(/C=C/c1ccccc1)NCc1cc(CCl)no1. The number of halogens is 1. The largest absolute Gasteiger partial charge is 0.359 e. The lowest BCUT2D eigenvalue weighted by Gasteiger charge is -1.97. The second-order valence-corrected chi connectivity index (χ2v) is 4.15. The molecule has 0 aliphatic carbocycles. The van der Waals surface area contributed by atoms with E-state index in [0.29, 0.717) is 23.9 Å². The van der Waals surface area contributed by atoms with Crippen LogP contribution in [0.5, 0.6) is 0 Å². The number of benzene rings is 1. The number of aromatic nitrogens is 1. The Labute approximate surface area is 116 Å². The molecule has 0 atom stereocenters. The van der Waals surface area contributed by atoms with E-state index in [-0.39, 0.29) is 5.91 Å². The average molecular weight is 277 g/mol. The summed E-state index contributed by atoms with van der Waals surface area (Å²) >= 11 is 5.60. The van der Waals surface area contributed by atoms with Gasteiger partial charge in [-0.15, -0.1) is 11.6 Å². The average Bonchev–Trinajstić information content (AvgIpc) is 2.92. The lowest BCUT2D eigenvalue weighted by molar-refractivity contribution is -0.116. The zero-order chi connectivity index (χ0) is 13.5. The van der Waals surface area contributed by atoms with Crippen molar-refractivity contribution in [1.82, 2.24) is 10.5 Å². The summed E-state index contributed by atoms with van der Waals surface area (Å²) in [6, 6.07) is 11.3. The van der Waals surface area contributed by atoms with Crippen LogP contribution in [0.3, 0.4) is 0 Å². The van der Waals surface area contributed by atoms with Gasteiger partial charge in [-0.05, 0) is 11.6 Å². The quantitative estimate of drug-likeness (QED) is 0.675. The minimum atomic E-state index is -0.187. The molecule has 2 aromatic rings. The molecule has 0 unspecified atom stereocenters. The van der Waals surface area contributed by atoms with Gasteiger partial charge in [0.2, 0.25) is 5.91 Å². The Morgan fingerprint density at radius 2 is 2.16 bits per heavy atom. The van der Waals surface area contributed by atoms with Crippen molar-refractivity contribution in [2.75, 3.05) is 0 Å². The third-order valence-corrected chi connectivity index (χ3v) is 2.68. The fraction of sp³-hybridized carbons (Fsp3) is 0.143. The summed E-state index contributed by atoms with van der Waals surface area (Å²) in [6.07, 6.45) is 3.23. The van der Waals surface area contributed by atoms with E-state index < -0.39 is 0 Å². The smallest absolute Gasteiger partial charge is 0.244 e. The van der Waals surface area contributed by atoms with Crippen LogP contribution in [-0.4, -0.2) is 11.1 Å². The molecule has 4 nitrogen and oxygen atoms in total. The molecule has 0 bridgehead atoms. The number of carbonyl (C=O) groups is 1. The Hall–Kier alpha value is -2.07. The van der Waals surface area contributed by atoms with E-state index in [1.165, 1.54) is 6.08 Å². The van der Waals surface area contributed by atoms with Crippen LogP contribution in [0.2, 0.25) is 0 Å². The number of hydrogen-bond donors (Lipinski definition) is 1. The van der Waals surface area contributed by atoms with Gasteiger partial charge in [-0.1, -0.05) is 35.5 Å². The van der Waals surface area contributed by atoms with Gasteiger partial charge in [0.25, 0.3) is 0 Å². The van der Waals surface area contributed by atoms with Crippen molar-refractivity contribution in [2.45, 2.75) is 12.4 Å². The topological polar surface area (TPSA) is 55.1 Å². The number of hydrogen-bond acceptors (Lipinski definition) is 3. The monoisotopic (exact) mass is 276 g/mol. The molecule has 1 aromatic heterocycles. The highest BCUT2D eigenvalue weighted by Crippen LogP contribution is 2.05. The molecule has 0 saturated carbocycles. The first kappa shape index (κ1) is 13.4. The van der Waals surface area contributed by atoms with Gasteiger partial charge in [0.05, 0.1) is 18.1 Å². The standard InChI is InChI=1S/C14H13ClN2O2/c15-9-12-8-13(19-17-12)10-16-14(18)7-6-11-4-2-1-3-5-11/h1-8H,9-10H2,(H,16,18)/b7-6+. The maximum Gasteiger partial charge on any atom is 0.244 e. The highest BCUT2D eigenvalue weighted by atomic mass is 35.5. The maximum atomic E-state index is 11.6. The molecular weight excluding hydrogens is 264 g/mol. The molecule has 0 fully saturated rings. The Morgan fingerprint density at radius 3 is 2.84 bits per heavy atom. The van der Waals surface area contributed by atoms with Crippen molar-refractivity contribution in [3.05, 3.63) is 59.5 Å². The zero-order valence-electron chi connectivity index (χ0n) is 10.2. The normalized spacial score (nSPS) is 10.8. The van der Waals surface area contributed by atoms with Crippen molar-refractivity contribution >= 4 is 23.6 Å². The number of carbonyl (C=O) groups excluding carboxylic acids is 1. The van der Waals surface area contributed by atoms with Gasteiger partial charge in [0.15, 0.2) is 5.76 Å². The summed E-state index contributed by atoms with van der Waals surface area (Å²) in [5.41, 5.74) is 1.63. The van der Waals surface area contributed by atoms with E-state index in [9.17, 15) is 4.79 Å². The Morgan fingerprint density at radius 1 is 1.37 bits per heavy atom. The number of nitrogens with zero attached hydrogens (tertiary/aromatic N) is 1. The molecule has 2 rings (SSSR count). The Kier molecular flexibility index (Phi) is 4.75. The van der Waals surface area contributed by atoms with Crippen molar-refractivity contribution in [3.63, 3.8) is 0 Å². The molecule has 1 aromatic carbocycles. The zero-order valence-corrected chi connectivity index (χ0v) is 10.9. The molecular formula is C14H13ClN2O2. The van der Waals surface area contributed by atoms with Crippen LogP contribution in [0.25, 0.3) is 6.08 Å². The molecule has 19 heavy (non-hydrogen) atoms. The van der Waals surface area contributed by atoms with Crippen molar-refractivity contribution in [2.24, 2.45) is 0 Å². The van der Waals surface area contributed by atoms with Gasteiger partial charge in [0.1, 0.15) is 0 Å². The molecule has 0 spiro atoms. The molecule has 1 amide bonds. The fourth-order valence-electron chi connectivity index (χ4n) is 1.47. The number of amides is 1. The van der Waals surface area contributed by atoms with Gasteiger partial charge < -0.3 is 9.84 Å². The van der Waals surface area contributed by atoms with Crippen LogP contribution in [-0.2, 0) is 17.2 Å². The van der Waals surface area contributed by atoms with E-state index in [0.717, 1.165) is 5.56 Å². The molecule has 1 N–H and O–H groups in total. The van der Waals surface area contributed by atoms with Crippen molar-refractivity contribution in [3.8, 4) is 0 Å². The van der Waals surface area contributed by atoms with E-state index in [1.54, 1.807) is 12.1 Å². The summed E-state index contributed by atoms with van der Waals surface area (Å²) in [4.78, 5) is 11.6. The molecule has 0 radical (unpaired) electrons. The van der Waals surface area contributed by atoms with E-state index >= 15 is 0 Å². The van der Waals surface area contributed by atoms with Crippen LogP contribution >= 0.6 is 11.6 Å². The minimum absolute atomic E-state index is 0.187. The number of alkyl halides is 1. The summed E-state index contributed by atoms with van der Waals surface area (Å²) in [5, 5.41) is 6.43. The van der Waals surface area contributed by atoms with Gasteiger partial charge in [-0.2, -0.15) is 0 Å². The maximum absolute atomic E-state index is 11.6. The van der Waals surface area contributed by atoms with Gasteiger partial charge >= 0.3 is 0 Å². The second kappa shape index (κ2) is 6.75.